The first kappa shape index (κ1) is 41.6. The Bertz CT molecular complexity index is 479. The summed E-state index contributed by atoms with van der Waals surface area (Å²) in [6.07, 6.45) is 31.9. The van der Waals surface area contributed by atoms with Crippen molar-refractivity contribution < 1.29 is 37.6 Å². The van der Waals surface area contributed by atoms with Crippen LogP contribution in [0.1, 0.15) is 168 Å². The van der Waals surface area contributed by atoms with Crippen molar-refractivity contribution in [1.29, 1.82) is 0 Å². The van der Waals surface area contributed by atoms with Gasteiger partial charge in [-0.3, -0.25) is 0 Å². The molecule has 0 unspecified atom stereocenters. The fourth-order valence-electron chi connectivity index (χ4n) is 4.93. The first-order valence-electron chi connectivity index (χ1n) is 16.5. The Labute approximate surface area is 260 Å². The van der Waals surface area contributed by atoms with E-state index in [0.29, 0.717) is 18.2 Å². The van der Waals surface area contributed by atoms with Crippen LogP contribution < -0.4 is 24.0 Å². The molecule has 0 spiro atoms. The van der Waals surface area contributed by atoms with E-state index < -0.39 is 21.1 Å². The molecule has 0 aromatic heterocycles. The van der Waals surface area contributed by atoms with E-state index in [4.69, 9.17) is 9.05 Å². The van der Waals surface area contributed by atoms with Crippen molar-refractivity contribution in [3.8, 4) is 0 Å². The molecule has 232 valence electrons. The number of rotatable bonds is 30. The summed E-state index contributed by atoms with van der Waals surface area (Å²) < 4.78 is 25.4. The van der Waals surface area contributed by atoms with E-state index in [1.54, 1.807) is 0 Å². The van der Waals surface area contributed by atoms with Crippen LogP contribution >= 0.6 is 7.60 Å². The molecule has 0 rings (SSSR count). The van der Waals surface area contributed by atoms with E-state index in [0.717, 1.165) is 12.8 Å². The molecule has 0 fully saturated rings. The molecule has 0 aliphatic carbocycles. The van der Waals surface area contributed by atoms with Gasteiger partial charge in [0.1, 0.15) is 0 Å². The molecule has 3 nitrogen and oxygen atoms in total. The molecule has 6 heteroatoms. The van der Waals surface area contributed by atoms with Gasteiger partial charge in [0.05, 0.1) is 0 Å². The Morgan fingerprint density at radius 1 is 0.447 bits per heavy atom. The fraction of sp³-hybridized carbons (Fsp3) is 1.00. The molecule has 0 aromatic carbocycles. The molecule has 0 heterocycles. The molecule has 0 N–H and O–H groups in total. The van der Waals surface area contributed by atoms with Gasteiger partial charge in [0.2, 0.25) is 0 Å². The van der Waals surface area contributed by atoms with Gasteiger partial charge in [-0.2, -0.15) is 0 Å². The van der Waals surface area contributed by atoms with Gasteiger partial charge in [-0.1, -0.05) is 65.2 Å². The predicted octanol–water partition coefficient (Wildman–Crippen LogP) is 9.50. The molecular formula is C32H69AsIO3P. The number of hydrogen-bond donors (Lipinski definition) is 0. The van der Waals surface area contributed by atoms with Crippen LogP contribution in [0.2, 0.25) is 17.1 Å². The minimum absolute atomic E-state index is 0. The van der Waals surface area contributed by atoms with Crippen LogP contribution in [-0.4, -0.2) is 31.7 Å². The molecule has 0 bridgehead atoms. The zero-order valence-corrected chi connectivity index (χ0v) is 31.5. The Hall–Kier alpha value is 1.44. The standard InChI is InChI=1S/C32H69AsO3P.HI/c1-6-8-10-12-14-16-18-20-22-24-26-28-30-35-37(34,32-33(3,4)5)36-31-29-27-25-23-21-19-17-15-13-11-9-7-2;/h6-32H2,1-5H3;1H/q+1;/p-1. The topological polar surface area (TPSA) is 35.5 Å². The Balaban J connectivity index is 0. The molecular weight excluding hydrogens is 665 g/mol. The van der Waals surface area contributed by atoms with E-state index in [1.807, 2.05) is 0 Å². The molecule has 0 amide bonds. The number of unbranched alkanes of at least 4 members (excludes halogenated alkanes) is 22. The van der Waals surface area contributed by atoms with Crippen molar-refractivity contribution in [2.24, 2.45) is 0 Å². The second-order valence-electron chi connectivity index (χ2n) is 12.5. The molecule has 0 atom stereocenters. The van der Waals surface area contributed by atoms with Crippen LogP contribution in [-0.2, 0) is 13.6 Å². The van der Waals surface area contributed by atoms with Crippen molar-refractivity contribution >= 4 is 21.1 Å². The minimum Gasteiger partial charge on any atom is -1.00 e. The van der Waals surface area contributed by atoms with Crippen molar-refractivity contribution in [3.05, 3.63) is 0 Å². The summed E-state index contributed by atoms with van der Waals surface area (Å²) in [6.45, 7) is 5.76. The maximum absolute atomic E-state index is 13.4. The Morgan fingerprint density at radius 3 is 0.921 bits per heavy atom. The van der Waals surface area contributed by atoms with Crippen LogP contribution in [0.3, 0.4) is 0 Å². The van der Waals surface area contributed by atoms with E-state index in [1.165, 1.54) is 141 Å². The average Bonchev–Trinajstić information content (AvgIpc) is 2.84. The van der Waals surface area contributed by atoms with E-state index in [9.17, 15) is 4.57 Å². The van der Waals surface area contributed by atoms with E-state index in [2.05, 4.69) is 31.0 Å². The van der Waals surface area contributed by atoms with Gasteiger partial charge in [0.15, 0.2) is 0 Å². The molecule has 38 heavy (non-hydrogen) atoms. The van der Waals surface area contributed by atoms with Crippen LogP contribution in [0.15, 0.2) is 0 Å². The summed E-state index contributed by atoms with van der Waals surface area (Å²) in [7, 11) is -2.93. The molecule has 0 aromatic rings. The summed E-state index contributed by atoms with van der Waals surface area (Å²) in [5, 5.41) is 0. The van der Waals surface area contributed by atoms with Gasteiger partial charge in [-0.15, -0.1) is 0 Å². The normalized spacial score (nSPS) is 12.1. The third kappa shape index (κ3) is 32.0. The predicted molar refractivity (Wildman–Crippen MR) is 170 cm³/mol. The van der Waals surface area contributed by atoms with Gasteiger partial charge in [-0.05, 0) is 0 Å². The van der Waals surface area contributed by atoms with Crippen LogP contribution in [0.25, 0.3) is 0 Å². The third-order valence-corrected chi connectivity index (χ3v) is 17.0. The monoisotopic (exact) mass is 734 g/mol. The second kappa shape index (κ2) is 29.9. The molecule has 0 saturated carbocycles. The zero-order chi connectivity index (χ0) is 27.5. The Morgan fingerprint density at radius 2 is 0.684 bits per heavy atom. The van der Waals surface area contributed by atoms with Gasteiger partial charge >= 0.3 is 173 Å². The van der Waals surface area contributed by atoms with Gasteiger partial charge in [0.25, 0.3) is 0 Å². The third-order valence-electron chi connectivity index (χ3n) is 7.17. The maximum atomic E-state index is 13.4. The first-order chi connectivity index (χ1) is 17.8. The number of halogens is 1. The quantitative estimate of drug-likeness (QED) is 0.0320. The smallest absolute Gasteiger partial charge is 1.00 e. The van der Waals surface area contributed by atoms with Crippen LogP contribution in [0.5, 0.6) is 0 Å². The van der Waals surface area contributed by atoms with Crippen molar-refractivity contribution in [1.82, 2.24) is 0 Å². The minimum atomic E-state index is -2.93. The van der Waals surface area contributed by atoms with E-state index >= 15 is 0 Å². The first-order valence-corrected chi connectivity index (χ1v) is 25.2. The Kier molecular flexibility index (Phi) is 32.7. The molecule has 0 aliphatic heterocycles. The SMILES string of the molecule is CCCCCCCCCCCCCCOP(=O)(C[As+](C)(C)C)OCCCCCCCCCCCCCC.[I-]. The average molecular weight is 735 g/mol. The van der Waals surface area contributed by atoms with Crippen LogP contribution in [0, 0.1) is 0 Å². The zero-order valence-electron chi connectivity index (χ0n) is 26.6. The second-order valence-corrected chi connectivity index (χ2v) is 25.9. The van der Waals surface area contributed by atoms with Crippen molar-refractivity contribution in [2.75, 3.05) is 18.2 Å². The number of hydrogen-bond acceptors (Lipinski definition) is 3. The van der Waals surface area contributed by atoms with Gasteiger partial charge < -0.3 is 24.0 Å². The van der Waals surface area contributed by atoms with Crippen molar-refractivity contribution in [3.63, 3.8) is 0 Å². The summed E-state index contributed by atoms with van der Waals surface area (Å²) in [6, 6.07) is 0. The van der Waals surface area contributed by atoms with E-state index in [-0.39, 0.29) is 24.0 Å². The molecule has 0 radical (unpaired) electrons. The van der Waals surface area contributed by atoms with Crippen molar-refractivity contribution in [2.45, 2.75) is 185 Å². The summed E-state index contributed by atoms with van der Waals surface area (Å²) in [4.78, 5) is 0.682. The summed E-state index contributed by atoms with van der Waals surface area (Å²) in [5.41, 5.74) is 6.89. The fourth-order valence-corrected chi connectivity index (χ4v) is 14.6. The summed E-state index contributed by atoms with van der Waals surface area (Å²) >= 11 is -1.86. The van der Waals surface area contributed by atoms with Crippen LogP contribution in [0.4, 0.5) is 0 Å². The van der Waals surface area contributed by atoms with Gasteiger partial charge in [-0.25, -0.2) is 0 Å². The molecule has 0 saturated heterocycles. The summed E-state index contributed by atoms with van der Waals surface area (Å²) in [5.74, 6) is 0. The molecule has 0 aliphatic rings. The van der Waals surface area contributed by atoms with Gasteiger partial charge in [0, 0.05) is 0 Å².